The van der Waals surface area contributed by atoms with Gasteiger partial charge in [-0.25, -0.2) is 0 Å². The highest BCUT2D eigenvalue weighted by molar-refractivity contribution is 5.86. The van der Waals surface area contributed by atoms with Crippen molar-refractivity contribution in [3.8, 4) is 5.75 Å². The Balaban J connectivity index is 2.49. The Morgan fingerprint density at radius 2 is 2.18 bits per heavy atom. The predicted octanol–water partition coefficient (Wildman–Crippen LogP) is 2.13. The molecule has 0 saturated heterocycles. The van der Waals surface area contributed by atoms with E-state index in [0.717, 1.165) is 17.6 Å². The molecule has 0 bridgehead atoms. The molecule has 2 aromatic rings. The number of nitrogens with one attached hydrogen (secondary N) is 1. The van der Waals surface area contributed by atoms with Crippen LogP contribution in [0, 0.1) is 0 Å². The van der Waals surface area contributed by atoms with Gasteiger partial charge in [0, 0.05) is 10.9 Å². The first-order valence-electron chi connectivity index (χ1n) is 5.49. The van der Waals surface area contributed by atoms with Crippen molar-refractivity contribution in [2.75, 3.05) is 6.61 Å². The fourth-order valence-corrected chi connectivity index (χ4v) is 1.60. The van der Waals surface area contributed by atoms with E-state index in [0.29, 0.717) is 18.4 Å². The average Bonchev–Trinajstić information content (AvgIpc) is 2.35. The number of H-pyrrole nitrogens is 1. The highest BCUT2D eigenvalue weighted by Gasteiger charge is 2.03. The van der Waals surface area contributed by atoms with E-state index in [-0.39, 0.29) is 11.1 Å². The molecule has 0 aliphatic carbocycles. The van der Waals surface area contributed by atoms with Crippen molar-refractivity contribution < 1.29 is 9.53 Å². The van der Waals surface area contributed by atoms with E-state index < -0.39 is 0 Å². The number of hydrogen-bond acceptors (Lipinski definition) is 3. The number of pyridine rings is 1. The Kier molecular flexibility index (Phi) is 3.23. The van der Waals surface area contributed by atoms with Crippen molar-refractivity contribution >= 4 is 17.2 Å². The minimum absolute atomic E-state index is 0.130. The fraction of sp³-hybridized carbons (Fsp3) is 0.231. The molecule has 0 aliphatic heterocycles. The van der Waals surface area contributed by atoms with Gasteiger partial charge >= 0.3 is 0 Å². The maximum Gasteiger partial charge on any atom is 0.259 e. The number of hydrogen-bond donors (Lipinski definition) is 1. The van der Waals surface area contributed by atoms with E-state index in [2.05, 4.69) is 4.98 Å². The third kappa shape index (κ3) is 2.36. The number of carbonyl (C=O) groups is 1. The summed E-state index contributed by atoms with van der Waals surface area (Å²) < 4.78 is 5.49. The van der Waals surface area contributed by atoms with Crippen LogP contribution in [0.5, 0.6) is 5.75 Å². The maximum absolute atomic E-state index is 11.4. The molecule has 0 aliphatic rings. The van der Waals surface area contributed by atoms with Crippen molar-refractivity contribution in [3.05, 3.63) is 40.2 Å². The summed E-state index contributed by atoms with van der Waals surface area (Å²) in [5.41, 5.74) is 0.462. The molecule has 1 N–H and O–H groups in total. The molecule has 0 unspecified atom stereocenters. The van der Waals surface area contributed by atoms with Gasteiger partial charge in [0.1, 0.15) is 5.75 Å². The SMILES string of the molecule is CCCOc1ccc2[nH]c(=O)c(C=O)cc2c1. The summed E-state index contributed by atoms with van der Waals surface area (Å²) in [5.74, 6) is 0.739. The minimum Gasteiger partial charge on any atom is -0.494 e. The zero-order valence-corrected chi connectivity index (χ0v) is 9.53. The summed E-state index contributed by atoms with van der Waals surface area (Å²) >= 11 is 0. The van der Waals surface area contributed by atoms with Gasteiger partial charge in [-0.2, -0.15) is 0 Å². The first-order chi connectivity index (χ1) is 8.24. The van der Waals surface area contributed by atoms with E-state index in [1.807, 2.05) is 13.0 Å². The summed E-state index contributed by atoms with van der Waals surface area (Å²) in [6.45, 7) is 2.68. The molecule has 1 heterocycles. The second-order valence-electron chi connectivity index (χ2n) is 3.77. The molecule has 17 heavy (non-hydrogen) atoms. The van der Waals surface area contributed by atoms with Gasteiger partial charge in [-0.1, -0.05) is 6.92 Å². The number of rotatable bonds is 4. The Labute approximate surface area is 98.2 Å². The Hall–Kier alpha value is -2.10. The minimum atomic E-state index is -0.366. The van der Waals surface area contributed by atoms with Crippen molar-refractivity contribution in [2.24, 2.45) is 0 Å². The molecule has 1 aromatic carbocycles. The van der Waals surface area contributed by atoms with Crippen molar-refractivity contribution in [3.63, 3.8) is 0 Å². The second kappa shape index (κ2) is 4.82. The van der Waals surface area contributed by atoms with Crippen LogP contribution < -0.4 is 10.3 Å². The largest absolute Gasteiger partial charge is 0.494 e. The molecule has 0 saturated carbocycles. The molecular formula is C13H13NO3. The second-order valence-corrected chi connectivity index (χ2v) is 3.77. The Bertz CT molecular complexity index is 601. The number of benzene rings is 1. The lowest BCUT2D eigenvalue weighted by Gasteiger charge is -2.05. The van der Waals surface area contributed by atoms with Gasteiger partial charge < -0.3 is 9.72 Å². The summed E-state index contributed by atoms with van der Waals surface area (Å²) in [7, 11) is 0. The van der Waals surface area contributed by atoms with Gasteiger partial charge in [0.15, 0.2) is 6.29 Å². The lowest BCUT2D eigenvalue weighted by Crippen LogP contribution is -2.11. The predicted molar refractivity (Wildman–Crippen MR) is 65.7 cm³/mol. The van der Waals surface area contributed by atoms with Crippen LogP contribution in [0.25, 0.3) is 10.9 Å². The molecule has 4 nitrogen and oxygen atoms in total. The molecular weight excluding hydrogens is 218 g/mol. The van der Waals surface area contributed by atoms with E-state index >= 15 is 0 Å². The molecule has 88 valence electrons. The summed E-state index contributed by atoms with van der Waals surface area (Å²) in [6.07, 6.45) is 1.49. The topological polar surface area (TPSA) is 59.2 Å². The highest BCUT2D eigenvalue weighted by atomic mass is 16.5. The zero-order chi connectivity index (χ0) is 12.3. The number of ether oxygens (including phenoxy) is 1. The van der Waals surface area contributed by atoms with Gasteiger partial charge in [-0.15, -0.1) is 0 Å². The number of carbonyl (C=O) groups excluding carboxylic acids is 1. The number of fused-ring (bicyclic) bond motifs is 1. The van der Waals surface area contributed by atoms with Gasteiger partial charge in [0.05, 0.1) is 12.2 Å². The van der Waals surface area contributed by atoms with Crippen molar-refractivity contribution in [1.29, 1.82) is 0 Å². The molecule has 2 rings (SSSR count). The van der Waals surface area contributed by atoms with Crippen LogP contribution in [0.15, 0.2) is 29.1 Å². The molecule has 4 heteroatoms. The van der Waals surface area contributed by atoms with Gasteiger partial charge in [-0.3, -0.25) is 9.59 Å². The molecule has 1 aromatic heterocycles. The summed E-state index contributed by atoms with van der Waals surface area (Å²) in [4.78, 5) is 24.7. The number of aldehydes is 1. The van der Waals surface area contributed by atoms with E-state index in [1.54, 1.807) is 18.2 Å². The van der Waals surface area contributed by atoms with Crippen LogP contribution in [0.4, 0.5) is 0 Å². The van der Waals surface area contributed by atoms with Gasteiger partial charge in [0.25, 0.3) is 5.56 Å². The van der Waals surface area contributed by atoms with Crippen LogP contribution in [0.3, 0.4) is 0 Å². The summed E-state index contributed by atoms with van der Waals surface area (Å²) in [5, 5.41) is 0.792. The maximum atomic E-state index is 11.4. The Morgan fingerprint density at radius 3 is 2.88 bits per heavy atom. The van der Waals surface area contributed by atoms with Crippen LogP contribution in [0.2, 0.25) is 0 Å². The van der Waals surface area contributed by atoms with Crippen LogP contribution in [0.1, 0.15) is 23.7 Å². The van der Waals surface area contributed by atoms with Crippen LogP contribution in [-0.4, -0.2) is 17.9 Å². The highest BCUT2D eigenvalue weighted by Crippen LogP contribution is 2.19. The zero-order valence-electron chi connectivity index (χ0n) is 9.53. The third-order valence-corrected chi connectivity index (χ3v) is 2.44. The number of aromatic amines is 1. The van der Waals surface area contributed by atoms with Crippen molar-refractivity contribution in [2.45, 2.75) is 13.3 Å². The van der Waals surface area contributed by atoms with E-state index in [1.165, 1.54) is 0 Å². The van der Waals surface area contributed by atoms with E-state index in [9.17, 15) is 9.59 Å². The first kappa shape index (κ1) is 11.4. The lowest BCUT2D eigenvalue weighted by atomic mass is 10.1. The molecule has 0 amide bonds. The normalized spacial score (nSPS) is 10.4. The monoisotopic (exact) mass is 231 g/mol. The lowest BCUT2D eigenvalue weighted by molar-refractivity contribution is 0.112. The average molecular weight is 231 g/mol. The summed E-state index contributed by atoms with van der Waals surface area (Å²) in [6, 6.07) is 6.96. The molecule has 0 fully saturated rings. The van der Waals surface area contributed by atoms with E-state index in [4.69, 9.17) is 4.74 Å². The van der Waals surface area contributed by atoms with Crippen molar-refractivity contribution in [1.82, 2.24) is 4.98 Å². The van der Waals surface area contributed by atoms with Gasteiger partial charge in [-0.05, 0) is 30.7 Å². The van der Waals surface area contributed by atoms with Crippen LogP contribution in [-0.2, 0) is 0 Å². The van der Waals surface area contributed by atoms with Crippen LogP contribution >= 0.6 is 0 Å². The fourth-order valence-electron chi connectivity index (χ4n) is 1.60. The van der Waals surface area contributed by atoms with Gasteiger partial charge in [0.2, 0.25) is 0 Å². The standard InChI is InChI=1S/C13H13NO3/c1-2-5-17-11-3-4-12-9(7-11)6-10(8-15)13(16)14-12/h3-4,6-8H,2,5H2,1H3,(H,14,16). The smallest absolute Gasteiger partial charge is 0.259 e. The quantitative estimate of drug-likeness (QED) is 0.820. The molecule has 0 atom stereocenters. The third-order valence-electron chi connectivity index (χ3n) is 2.44. The molecule has 0 spiro atoms. The Morgan fingerprint density at radius 1 is 1.35 bits per heavy atom. The first-order valence-corrected chi connectivity index (χ1v) is 5.49. The molecule has 0 radical (unpaired) electrons. The number of aromatic nitrogens is 1.